The number of nitrogens with one attached hydrogen (secondary N) is 1. The number of ether oxygens (including phenoxy) is 1. The van der Waals surface area contributed by atoms with Gasteiger partial charge in [-0.2, -0.15) is 0 Å². The lowest BCUT2D eigenvalue weighted by atomic mass is 10.1. The summed E-state index contributed by atoms with van der Waals surface area (Å²) < 4.78 is 5.76. The first-order valence-electron chi connectivity index (χ1n) is 6.73. The Morgan fingerprint density at radius 3 is 2.84 bits per heavy atom. The van der Waals surface area contributed by atoms with Gasteiger partial charge >= 0.3 is 0 Å². The molecule has 2 nitrogen and oxygen atoms in total. The van der Waals surface area contributed by atoms with Crippen molar-refractivity contribution in [3.63, 3.8) is 0 Å². The molecule has 0 amide bonds. The number of hydrogen-bond acceptors (Lipinski definition) is 3. The summed E-state index contributed by atoms with van der Waals surface area (Å²) in [6.07, 6.45) is 1.09. The molecule has 1 heterocycles. The molecule has 0 aliphatic heterocycles. The monoisotopic (exact) mass is 275 g/mol. The van der Waals surface area contributed by atoms with Crippen molar-refractivity contribution in [1.82, 2.24) is 0 Å². The van der Waals surface area contributed by atoms with Crippen LogP contribution in [0.2, 0.25) is 0 Å². The van der Waals surface area contributed by atoms with Crippen molar-refractivity contribution < 1.29 is 4.74 Å². The fourth-order valence-electron chi connectivity index (χ4n) is 1.71. The molecule has 0 saturated heterocycles. The molecular weight excluding hydrogens is 254 g/mol. The Bertz CT molecular complexity index is 479. The number of anilines is 1. The molecule has 1 N–H and O–H groups in total. The van der Waals surface area contributed by atoms with Crippen molar-refractivity contribution in [2.45, 2.75) is 26.8 Å². The third-order valence-corrected chi connectivity index (χ3v) is 3.72. The van der Waals surface area contributed by atoms with Crippen molar-refractivity contribution in [3.05, 3.63) is 46.7 Å². The predicted octanol–water partition coefficient (Wildman–Crippen LogP) is 4.79. The molecule has 0 saturated carbocycles. The average molecular weight is 275 g/mol. The molecule has 0 atom stereocenters. The Morgan fingerprint density at radius 1 is 1.21 bits per heavy atom. The zero-order valence-corrected chi connectivity index (χ0v) is 12.4. The predicted molar refractivity (Wildman–Crippen MR) is 83.0 cm³/mol. The van der Waals surface area contributed by atoms with E-state index in [1.165, 1.54) is 4.88 Å². The summed E-state index contributed by atoms with van der Waals surface area (Å²) in [4.78, 5) is 1.34. The minimum Gasteiger partial charge on any atom is -0.494 e. The highest BCUT2D eigenvalue weighted by molar-refractivity contribution is 7.09. The molecule has 0 aliphatic rings. The van der Waals surface area contributed by atoms with Crippen LogP contribution in [-0.4, -0.2) is 6.61 Å². The number of hydrogen-bond donors (Lipinski definition) is 1. The molecule has 3 heteroatoms. The smallest absolute Gasteiger partial charge is 0.121 e. The Morgan fingerprint density at radius 2 is 2.11 bits per heavy atom. The normalized spacial score (nSPS) is 10.7. The van der Waals surface area contributed by atoms with E-state index in [0.29, 0.717) is 5.92 Å². The van der Waals surface area contributed by atoms with Gasteiger partial charge in [-0.05, 0) is 35.9 Å². The first-order valence-corrected chi connectivity index (χ1v) is 7.61. The van der Waals surface area contributed by atoms with Gasteiger partial charge in [0.25, 0.3) is 0 Å². The average Bonchev–Trinajstić information content (AvgIpc) is 2.89. The molecule has 0 bridgehead atoms. The molecule has 2 aromatic rings. The number of rotatable bonds is 7. The van der Waals surface area contributed by atoms with Crippen LogP contribution in [-0.2, 0) is 6.54 Å². The second-order valence-corrected chi connectivity index (χ2v) is 6.02. The lowest BCUT2D eigenvalue weighted by Crippen LogP contribution is -2.02. The maximum Gasteiger partial charge on any atom is 0.121 e. The van der Waals surface area contributed by atoms with Gasteiger partial charge in [0.05, 0.1) is 6.61 Å². The maximum absolute atomic E-state index is 5.76. The van der Waals surface area contributed by atoms with Crippen LogP contribution in [0.4, 0.5) is 5.69 Å². The second kappa shape index (κ2) is 7.19. The van der Waals surface area contributed by atoms with Gasteiger partial charge in [0, 0.05) is 23.2 Å². The molecule has 1 aromatic carbocycles. The molecular formula is C16H21NOS. The second-order valence-electron chi connectivity index (χ2n) is 4.99. The minimum atomic E-state index is 0.681. The molecule has 0 fully saturated rings. The molecule has 2 rings (SSSR count). The highest BCUT2D eigenvalue weighted by atomic mass is 32.1. The molecule has 0 radical (unpaired) electrons. The lowest BCUT2D eigenvalue weighted by molar-refractivity contribution is 0.289. The summed E-state index contributed by atoms with van der Waals surface area (Å²) in [5, 5.41) is 5.52. The Balaban J connectivity index is 1.84. The first-order chi connectivity index (χ1) is 9.24. The van der Waals surface area contributed by atoms with Gasteiger partial charge in [-0.1, -0.05) is 26.0 Å². The summed E-state index contributed by atoms with van der Waals surface area (Å²) >= 11 is 1.77. The third kappa shape index (κ3) is 4.95. The zero-order chi connectivity index (χ0) is 13.5. The number of thiophene rings is 1. The van der Waals surface area contributed by atoms with Gasteiger partial charge in [-0.3, -0.25) is 0 Å². The summed E-state index contributed by atoms with van der Waals surface area (Å²) in [5.41, 5.74) is 1.11. The highest BCUT2D eigenvalue weighted by Gasteiger charge is 1.99. The fraction of sp³-hybridized carbons (Fsp3) is 0.375. The van der Waals surface area contributed by atoms with Crippen molar-refractivity contribution in [1.29, 1.82) is 0 Å². The van der Waals surface area contributed by atoms with Crippen LogP contribution >= 0.6 is 11.3 Å². The Hall–Kier alpha value is -1.48. The molecule has 0 aliphatic carbocycles. The van der Waals surface area contributed by atoms with Crippen LogP contribution in [0.1, 0.15) is 25.1 Å². The molecule has 0 unspecified atom stereocenters. The van der Waals surface area contributed by atoms with Crippen LogP contribution in [0.3, 0.4) is 0 Å². The van der Waals surface area contributed by atoms with E-state index in [-0.39, 0.29) is 0 Å². The van der Waals surface area contributed by atoms with Gasteiger partial charge in [-0.15, -0.1) is 11.3 Å². The van der Waals surface area contributed by atoms with E-state index in [1.54, 1.807) is 11.3 Å². The van der Waals surface area contributed by atoms with Crippen molar-refractivity contribution in [2.75, 3.05) is 11.9 Å². The molecule has 1 aromatic heterocycles. The van der Waals surface area contributed by atoms with E-state index >= 15 is 0 Å². The van der Waals surface area contributed by atoms with Gasteiger partial charge in [0.15, 0.2) is 0 Å². The quantitative estimate of drug-likeness (QED) is 0.784. The summed E-state index contributed by atoms with van der Waals surface area (Å²) in [6.45, 7) is 6.07. The summed E-state index contributed by atoms with van der Waals surface area (Å²) in [6, 6.07) is 12.4. The van der Waals surface area contributed by atoms with E-state index in [1.807, 2.05) is 12.1 Å². The van der Waals surface area contributed by atoms with Crippen LogP contribution in [0, 0.1) is 5.92 Å². The molecule has 19 heavy (non-hydrogen) atoms. The van der Waals surface area contributed by atoms with Crippen molar-refractivity contribution >= 4 is 17.0 Å². The van der Waals surface area contributed by atoms with Gasteiger partial charge < -0.3 is 10.1 Å². The Labute approximate surface area is 119 Å². The lowest BCUT2D eigenvalue weighted by Gasteiger charge is -2.10. The van der Waals surface area contributed by atoms with Gasteiger partial charge in [0.1, 0.15) is 5.75 Å². The van der Waals surface area contributed by atoms with Crippen LogP contribution in [0.15, 0.2) is 41.8 Å². The largest absolute Gasteiger partial charge is 0.494 e. The van der Waals surface area contributed by atoms with Crippen LogP contribution in [0.5, 0.6) is 5.75 Å². The zero-order valence-electron chi connectivity index (χ0n) is 11.6. The van der Waals surface area contributed by atoms with E-state index < -0.39 is 0 Å². The topological polar surface area (TPSA) is 21.3 Å². The Kier molecular flexibility index (Phi) is 5.28. The summed E-state index contributed by atoms with van der Waals surface area (Å²) in [5.74, 6) is 1.62. The van der Waals surface area contributed by atoms with Gasteiger partial charge in [0.2, 0.25) is 0 Å². The standard InChI is InChI=1S/C16H21NOS/c1-13(2)8-9-18-15-6-3-5-14(11-15)17-12-16-7-4-10-19-16/h3-7,10-11,13,17H,8-9,12H2,1-2H3. The van der Waals surface area contributed by atoms with Gasteiger partial charge in [-0.25, -0.2) is 0 Å². The SMILES string of the molecule is CC(C)CCOc1cccc(NCc2cccs2)c1. The fourth-order valence-corrected chi connectivity index (χ4v) is 2.36. The first kappa shape index (κ1) is 13.9. The molecule has 102 valence electrons. The van der Waals surface area contributed by atoms with E-state index in [0.717, 1.165) is 31.0 Å². The van der Waals surface area contributed by atoms with E-state index in [9.17, 15) is 0 Å². The van der Waals surface area contributed by atoms with E-state index in [2.05, 4.69) is 48.8 Å². The molecule has 0 spiro atoms. The van der Waals surface area contributed by atoms with E-state index in [4.69, 9.17) is 4.74 Å². The summed E-state index contributed by atoms with van der Waals surface area (Å²) in [7, 11) is 0. The van der Waals surface area contributed by atoms with Crippen LogP contribution < -0.4 is 10.1 Å². The third-order valence-electron chi connectivity index (χ3n) is 2.84. The van der Waals surface area contributed by atoms with Crippen LogP contribution in [0.25, 0.3) is 0 Å². The van der Waals surface area contributed by atoms with Crippen molar-refractivity contribution in [2.24, 2.45) is 5.92 Å². The highest BCUT2D eigenvalue weighted by Crippen LogP contribution is 2.19. The maximum atomic E-state index is 5.76. The number of benzene rings is 1. The van der Waals surface area contributed by atoms with Crippen molar-refractivity contribution in [3.8, 4) is 5.75 Å². The minimum absolute atomic E-state index is 0.681.